The van der Waals surface area contributed by atoms with Crippen LogP contribution in [0.15, 0.2) is 42.6 Å². The fraction of sp³-hybridized carbons (Fsp3) is 0.300. The Morgan fingerprint density at radius 3 is 2.54 bits per heavy atom. The van der Waals surface area contributed by atoms with Gasteiger partial charge in [0.25, 0.3) is 0 Å². The van der Waals surface area contributed by atoms with Gasteiger partial charge in [-0.2, -0.15) is 0 Å². The second-order valence-electron chi connectivity index (χ2n) is 6.46. The Hall–Kier alpha value is -2.62. The summed E-state index contributed by atoms with van der Waals surface area (Å²) in [5.41, 5.74) is 6.11. The van der Waals surface area contributed by atoms with Crippen LogP contribution in [0.4, 0.5) is 0 Å². The van der Waals surface area contributed by atoms with E-state index in [0.29, 0.717) is 12.3 Å². The maximum atomic E-state index is 11.0. The van der Waals surface area contributed by atoms with E-state index in [1.165, 1.54) is 5.56 Å². The number of hydrogen-bond donors (Lipinski definition) is 1. The first-order valence-electron chi connectivity index (χ1n) is 8.26. The molecule has 4 heteroatoms. The number of rotatable bonds is 5. The first kappa shape index (κ1) is 16.2. The van der Waals surface area contributed by atoms with Crippen molar-refractivity contribution >= 4 is 11.6 Å². The number of carboxylic acid groups (broad SMARTS) is 1. The Labute approximate surface area is 141 Å². The van der Waals surface area contributed by atoms with Crippen LogP contribution in [0.3, 0.4) is 0 Å². The summed E-state index contributed by atoms with van der Waals surface area (Å²) in [4.78, 5) is 15.8. The summed E-state index contributed by atoms with van der Waals surface area (Å²) in [5.74, 6) is -0.312. The SMILES string of the molecule is Cc1cccn2c(CCC(=O)O)c(-c3ccc(C(C)C)cc3)nc12. The highest BCUT2D eigenvalue weighted by molar-refractivity contribution is 5.71. The third-order valence-corrected chi connectivity index (χ3v) is 4.37. The lowest BCUT2D eigenvalue weighted by Gasteiger charge is -2.07. The zero-order valence-electron chi connectivity index (χ0n) is 14.3. The van der Waals surface area contributed by atoms with Gasteiger partial charge in [0.1, 0.15) is 5.65 Å². The van der Waals surface area contributed by atoms with Crippen molar-refractivity contribution in [3.63, 3.8) is 0 Å². The number of carboxylic acids is 1. The van der Waals surface area contributed by atoms with E-state index >= 15 is 0 Å². The number of aliphatic carboxylic acids is 1. The van der Waals surface area contributed by atoms with Gasteiger partial charge in [0, 0.05) is 18.2 Å². The van der Waals surface area contributed by atoms with E-state index in [-0.39, 0.29) is 6.42 Å². The van der Waals surface area contributed by atoms with Crippen LogP contribution >= 0.6 is 0 Å². The Morgan fingerprint density at radius 2 is 1.92 bits per heavy atom. The number of imidazole rings is 1. The lowest BCUT2D eigenvalue weighted by molar-refractivity contribution is -0.136. The van der Waals surface area contributed by atoms with Gasteiger partial charge in [0.15, 0.2) is 0 Å². The van der Waals surface area contributed by atoms with Crippen molar-refractivity contribution in [1.29, 1.82) is 0 Å². The molecule has 0 spiro atoms. The molecule has 0 aliphatic carbocycles. The maximum Gasteiger partial charge on any atom is 0.303 e. The average molecular weight is 322 g/mol. The van der Waals surface area contributed by atoms with Gasteiger partial charge >= 0.3 is 5.97 Å². The van der Waals surface area contributed by atoms with Gasteiger partial charge in [-0.25, -0.2) is 4.98 Å². The zero-order chi connectivity index (χ0) is 17.3. The molecular weight excluding hydrogens is 300 g/mol. The molecule has 0 saturated carbocycles. The summed E-state index contributed by atoms with van der Waals surface area (Å²) >= 11 is 0. The van der Waals surface area contributed by atoms with E-state index in [9.17, 15) is 4.79 Å². The molecular formula is C20H22N2O2. The highest BCUT2D eigenvalue weighted by Crippen LogP contribution is 2.28. The first-order valence-corrected chi connectivity index (χ1v) is 8.26. The Kier molecular flexibility index (Phi) is 4.38. The van der Waals surface area contributed by atoms with Crippen molar-refractivity contribution in [2.75, 3.05) is 0 Å². The van der Waals surface area contributed by atoms with Crippen molar-refractivity contribution in [2.24, 2.45) is 0 Å². The molecule has 3 rings (SSSR count). The van der Waals surface area contributed by atoms with E-state index < -0.39 is 5.97 Å². The molecule has 3 aromatic rings. The van der Waals surface area contributed by atoms with E-state index in [0.717, 1.165) is 28.2 Å². The fourth-order valence-corrected chi connectivity index (χ4v) is 2.97. The van der Waals surface area contributed by atoms with Gasteiger partial charge in [-0.15, -0.1) is 0 Å². The number of pyridine rings is 1. The van der Waals surface area contributed by atoms with Crippen molar-refractivity contribution in [2.45, 2.75) is 39.5 Å². The molecule has 0 atom stereocenters. The molecule has 0 amide bonds. The monoisotopic (exact) mass is 322 g/mol. The predicted molar refractivity (Wildman–Crippen MR) is 95.4 cm³/mol. The van der Waals surface area contributed by atoms with Crippen LogP contribution in [0.25, 0.3) is 16.9 Å². The van der Waals surface area contributed by atoms with Gasteiger partial charge in [0.05, 0.1) is 17.8 Å². The van der Waals surface area contributed by atoms with Crippen LogP contribution in [0.5, 0.6) is 0 Å². The second-order valence-corrected chi connectivity index (χ2v) is 6.46. The van der Waals surface area contributed by atoms with Crippen LogP contribution < -0.4 is 0 Å². The Balaban J connectivity index is 2.13. The number of benzene rings is 1. The lowest BCUT2D eigenvalue weighted by Crippen LogP contribution is -2.01. The number of carbonyl (C=O) groups is 1. The molecule has 0 fully saturated rings. The topological polar surface area (TPSA) is 54.6 Å². The number of nitrogens with zero attached hydrogens (tertiary/aromatic N) is 2. The molecule has 0 radical (unpaired) electrons. The summed E-state index contributed by atoms with van der Waals surface area (Å²) < 4.78 is 2.02. The second kappa shape index (κ2) is 6.48. The molecule has 0 aliphatic heterocycles. The third kappa shape index (κ3) is 3.04. The Bertz CT molecular complexity index is 877. The molecule has 124 valence electrons. The summed E-state index contributed by atoms with van der Waals surface area (Å²) in [6.45, 7) is 6.36. The van der Waals surface area contributed by atoms with Gasteiger partial charge in [0.2, 0.25) is 0 Å². The van der Waals surface area contributed by atoms with E-state index in [4.69, 9.17) is 10.1 Å². The summed E-state index contributed by atoms with van der Waals surface area (Å²) in [6, 6.07) is 12.4. The van der Waals surface area contributed by atoms with Crippen molar-refractivity contribution in [3.8, 4) is 11.3 Å². The molecule has 2 heterocycles. The predicted octanol–water partition coefficient (Wildman–Crippen LogP) is 4.45. The minimum Gasteiger partial charge on any atom is -0.481 e. The summed E-state index contributed by atoms with van der Waals surface area (Å²) in [5, 5.41) is 9.07. The summed E-state index contributed by atoms with van der Waals surface area (Å²) in [6.07, 6.45) is 2.51. The minimum absolute atomic E-state index is 0.0960. The third-order valence-electron chi connectivity index (χ3n) is 4.37. The van der Waals surface area contributed by atoms with E-state index in [2.05, 4.69) is 38.1 Å². The largest absolute Gasteiger partial charge is 0.481 e. The molecule has 1 aromatic carbocycles. The maximum absolute atomic E-state index is 11.0. The van der Waals surface area contributed by atoms with Gasteiger partial charge < -0.3 is 9.51 Å². The number of hydrogen-bond acceptors (Lipinski definition) is 2. The Morgan fingerprint density at radius 1 is 1.21 bits per heavy atom. The highest BCUT2D eigenvalue weighted by Gasteiger charge is 2.16. The quantitative estimate of drug-likeness (QED) is 0.755. The smallest absolute Gasteiger partial charge is 0.303 e. The molecule has 24 heavy (non-hydrogen) atoms. The standard InChI is InChI=1S/C20H22N2O2/c1-13(2)15-6-8-16(9-7-15)19-17(10-11-18(23)24)22-12-4-5-14(3)20(22)21-19/h4-9,12-13H,10-11H2,1-3H3,(H,23,24). The van der Waals surface area contributed by atoms with Gasteiger partial charge in [-0.1, -0.05) is 44.2 Å². The van der Waals surface area contributed by atoms with Gasteiger partial charge in [-0.3, -0.25) is 4.79 Å². The van der Waals surface area contributed by atoms with E-state index in [1.807, 2.05) is 29.7 Å². The molecule has 0 bridgehead atoms. The van der Waals surface area contributed by atoms with Crippen LogP contribution in [-0.4, -0.2) is 20.5 Å². The normalized spacial score (nSPS) is 11.3. The highest BCUT2D eigenvalue weighted by atomic mass is 16.4. The van der Waals surface area contributed by atoms with Gasteiger partial charge in [-0.05, 0) is 30.0 Å². The molecule has 4 nitrogen and oxygen atoms in total. The van der Waals surface area contributed by atoms with Crippen molar-refractivity contribution in [3.05, 3.63) is 59.4 Å². The molecule has 0 unspecified atom stereocenters. The van der Waals surface area contributed by atoms with Crippen LogP contribution in [0.2, 0.25) is 0 Å². The van der Waals surface area contributed by atoms with Crippen molar-refractivity contribution in [1.82, 2.24) is 9.38 Å². The number of aromatic nitrogens is 2. The summed E-state index contributed by atoms with van der Waals surface area (Å²) in [7, 11) is 0. The number of fused-ring (bicyclic) bond motifs is 1. The zero-order valence-corrected chi connectivity index (χ0v) is 14.3. The average Bonchev–Trinajstić information content (AvgIpc) is 2.93. The van der Waals surface area contributed by atoms with E-state index in [1.54, 1.807) is 0 Å². The lowest BCUT2D eigenvalue weighted by atomic mass is 10.00. The first-order chi connectivity index (χ1) is 11.5. The molecule has 0 saturated heterocycles. The van der Waals surface area contributed by atoms with Crippen LogP contribution in [-0.2, 0) is 11.2 Å². The van der Waals surface area contributed by atoms with Crippen LogP contribution in [0.1, 0.15) is 43.0 Å². The van der Waals surface area contributed by atoms with Crippen molar-refractivity contribution < 1.29 is 9.90 Å². The minimum atomic E-state index is -0.793. The van der Waals surface area contributed by atoms with Crippen LogP contribution in [0, 0.1) is 6.92 Å². The molecule has 2 aromatic heterocycles. The fourth-order valence-electron chi connectivity index (χ4n) is 2.97. The molecule has 1 N–H and O–H groups in total. The molecule has 0 aliphatic rings. The number of aryl methyl sites for hydroxylation is 2.